The fraction of sp³-hybridized carbons (Fsp3) is 0.625. The van der Waals surface area contributed by atoms with Crippen LogP contribution in [-0.2, 0) is 15.7 Å². The predicted molar refractivity (Wildman–Crippen MR) is 52.5 cm³/mol. The third kappa shape index (κ3) is 2.91. The average Bonchev–Trinajstić information content (AvgIpc) is 2.85. The number of ether oxygens (including phenoxy) is 1. The molecule has 5 nitrogen and oxygen atoms in total. The second-order valence-electron chi connectivity index (χ2n) is 3.40. The summed E-state index contributed by atoms with van der Waals surface area (Å²) in [5.74, 6) is -0.479. The second kappa shape index (κ2) is 4.57. The van der Waals surface area contributed by atoms with E-state index in [0.29, 0.717) is 24.4 Å². The minimum atomic E-state index is -4.54. The van der Waals surface area contributed by atoms with Crippen LogP contribution in [0.5, 0.6) is 0 Å². The van der Waals surface area contributed by atoms with Crippen molar-refractivity contribution in [3.05, 3.63) is 5.01 Å². The van der Waals surface area contributed by atoms with Gasteiger partial charge >= 0.3 is 6.18 Å². The van der Waals surface area contributed by atoms with Gasteiger partial charge in [-0.05, 0) is 12.8 Å². The van der Waals surface area contributed by atoms with Gasteiger partial charge in [0.15, 0.2) is 0 Å². The van der Waals surface area contributed by atoms with Gasteiger partial charge in [0.2, 0.25) is 10.1 Å². The first-order valence-corrected chi connectivity index (χ1v) is 5.61. The number of anilines is 1. The lowest BCUT2D eigenvalue weighted by atomic mass is 10.2. The van der Waals surface area contributed by atoms with Gasteiger partial charge < -0.3 is 4.74 Å². The molecular formula is C8H8F3N3O2S. The normalized spacial score (nSPS) is 20.5. The van der Waals surface area contributed by atoms with Gasteiger partial charge in [-0.3, -0.25) is 10.1 Å². The van der Waals surface area contributed by atoms with Crippen LogP contribution in [0.15, 0.2) is 0 Å². The number of carbonyl (C=O) groups is 1. The molecule has 0 aliphatic carbocycles. The summed E-state index contributed by atoms with van der Waals surface area (Å²) in [5.41, 5.74) is 0. The minimum absolute atomic E-state index is 0.169. The zero-order valence-corrected chi connectivity index (χ0v) is 9.27. The van der Waals surface area contributed by atoms with E-state index in [-0.39, 0.29) is 5.13 Å². The van der Waals surface area contributed by atoms with Gasteiger partial charge in [0.1, 0.15) is 6.10 Å². The predicted octanol–water partition coefficient (Wildman–Crippen LogP) is 1.67. The summed E-state index contributed by atoms with van der Waals surface area (Å²) in [6.45, 7) is 0.488. The topological polar surface area (TPSA) is 64.1 Å². The van der Waals surface area contributed by atoms with Crippen molar-refractivity contribution in [3.63, 3.8) is 0 Å². The molecule has 1 N–H and O–H groups in total. The summed E-state index contributed by atoms with van der Waals surface area (Å²) in [5, 5.41) is 7.22. The van der Waals surface area contributed by atoms with Crippen LogP contribution in [0.4, 0.5) is 18.3 Å². The van der Waals surface area contributed by atoms with E-state index in [2.05, 4.69) is 15.5 Å². The fourth-order valence-electron chi connectivity index (χ4n) is 1.36. The Morgan fingerprint density at radius 3 is 2.76 bits per heavy atom. The van der Waals surface area contributed by atoms with Crippen molar-refractivity contribution in [2.45, 2.75) is 25.1 Å². The first-order valence-electron chi connectivity index (χ1n) is 4.80. The highest BCUT2D eigenvalue weighted by molar-refractivity contribution is 7.15. The number of rotatable bonds is 2. The van der Waals surface area contributed by atoms with Crippen molar-refractivity contribution in [1.82, 2.24) is 10.2 Å². The maximum absolute atomic E-state index is 12.2. The Labute approximate surface area is 98.0 Å². The van der Waals surface area contributed by atoms with Gasteiger partial charge in [-0.15, -0.1) is 10.2 Å². The highest BCUT2D eigenvalue weighted by Gasteiger charge is 2.36. The van der Waals surface area contributed by atoms with Crippen molar-refractivity contribution in [1.29, 1.82) is 0 Å². The molecule has 0 radical (unpaired) electrons. The molecule has 1 saturated heterocycles. The Kier molecular flexibility index (Phi) is 3.29. The van der Waals surface area contributed by atoms with E-state index in [1.165, 1.54) is 0 Å². The van der Waals surface area contributed by atoms with Crippen molar-refractivity contribution >= 4 is 22.4 Å². The molecule has 2 rings (SSSR count). The molecule has 1 amide bonds. The maximum Gasteiger partial charge on any atom is 0.445 e. The van der Waals surface area contributed by atoms with Crippen molar-refractivity contribution < 1.29 is 22.7 Å². The van der Waals surface area contributed by atoms with Crippen molar-refractivity contribution in [3.8, 4) is 0 Å². The summed E-state index contributed by atoms with van der Waals surface area (Å²) in [6, 6.07) is 0. The molecule has 0 spiro atoms. The van der Waals surface area contributed by atoms with Gasteiger partial charge in [-0.2, -0.15) is 13.2 Å². The quantitative estimate of drug-likeness (QED) is 0.885. The average molecular weight is 267 g/mol. The number of nitrogens with zero attached hydrogens (tertiary/aromatic N) is 2. The van der Waals surface area contributed by atoms with E-state index in [1.807, 2.05) is 0 Å². The highest BCUT2D eigenvalue weighted by atomic mass is 32.1. The van der Waals surface area contributed by atoms with Crippen LogP contribution in [0.25, 0.3) is 0 Å². The molecule has 1 atom stereocenters. The summed E-state index contributed by atoms with van der Waals surface area (Å²) >= 11 is 0.292. The molecule has 1 fully saturated rings. The van der Waals surface area contributed by atoms with Gasteiger partial charge in [0, 0.05) is 6.61 Å². The Morgan fingerprint density at radius 2 is 2.24 bits per heavy atom. The number of carbonyl (C=O) groups excluding carboxylic acids is 1. The molecule has 1 aromatic heterocycles. The Hall–Kier alpha value is -1.22. The van der Waals surface area contributed by atoms with E-state index < -0.39 is 23.2 Å². The largest absolute Gasteiger partial charge is 0.445 e. The molecule has 9 heteroatoms. The van der Waals surface area contributed by atoms with Gasteiger partial charge in [-0.25, -0.2) is 0 Å². The fourth-order valence-corrected chi connectivity index (χ4v) is 1.97. The molecule has 0 aromatic carbocycles. The van der Waals surface area contributed by atoms with Gasteiger partial charge in [0.05, 0.1) is 0 Å². The lowest BCUT2D eigenvalue weighted by Crippen LogP contribution is -2.26. The number of amides is 1. The molecule has 17 heavy (non-hydrogen) atoms. The summed E-state index contributed by atoms with van der Waals surface area (Å²) in [4.78, 5) is 11.5. The highest BCUT2D eigenvalue weighted by Crippen LogP contribution is 2.33. The van der Waals surface area contributed by atoms with Crippen LogP contribution in [0.3, 0.4) is 0 Å². The molecule has 1 aliphatic heterocycles. The van der Waals surface area contributed by atoms with E-state index in [0.717, 1.165) is 6.42 Å². The first kappa shape index (κ1) is 12.2. The van der Waals surface area contributed by atoms with Gasteiger partial charge in [-0.1, -0.05) is 11.3 Å². The van der Waals surface area contributed by atoms with Crippen LogP contribution >= 0.6 is 11.3 Å². The number of alkyl halides is 3. The van der Waals surface area contributed by atoms with Crippen molar-refractivity contribution in [2.24, 2.45) is 0 Å². The lowest BCUT2D eigenvalue weighted by Gasteiger charge is -2.07. The number of halogens is 3. The van der Waals surface area contributed by atoms with E-state index >= 15 is 0 Å². The standard InChI is InChI=1S/C8H8F3N3O2S/c9-8(10,11)6-13-14-7(17-6)12-5(15)4-2-1-3-16-4/h4H,1-3H2,(H,12,14,15)/t4-/m0/s1. The number of nitrogens with one attached hydrogen (secondary N) is 1. The maximum atomic E-state index is 12.2. The van der Waals surface area contributed by atoms with Crippen LogP contribution in [-0.4, -0.2) is 28.8 Å². The first-order chi connectivity index (χ1) is 7.97. The van der Waals surface area contributed by atoms with Crippen LogP contribution in [0.1, 0.15) is 17.8 Å². The molecule has 1 aliphatic rings. The van der Waals surface area contributed by atoms with Gasteiger partial charge in [0.25, 0.3) is 5.91 Å². The number of aromatic nitrogens is 2. The van der Waals surface area contributed by atoms with Crippen LogP contribution in [0, 0.1) is 0 Å². The summed E-state index contributed by atoms with van der Waals surface area (Å²) < 4.78 is 41.7. The second-order valence-corrected chi connectivity index (χ2v) is 4.38. The zero-order valence-electron chi connectivity index (χ0n) is 8.45. The Morgan fingerprint density at radius 1 is 1.47 bits per heavy atom. The smallest absolute Gasteiger partial charge is 0.368 e. The van der Waals surface area contributed by atoms with E-state index in [9.17, 15) is 18.0 Å². The van der Waals surface area contributed by atoms with E-state index in [1.54, 1.807) is 0 Å². The Balaban J connectivity index is 1.99. The van der Waals surface area contributed by atoms with Crippen LogP contribution in [0.2, 0.25) is 0 Å². The molecule has 1 aromatic rings. The monoisotopic (exact) mass is 267 g/mol. The molecule has 0 saturated carbocycles. The molecule has 94 valence electrons. The van der Waals surface area contributed by atoms with Crippen molar-refractivity contribution in [2.75, 3.05) is 11.9 Å². The van der Waals surface area contributed by atoms with E-state index in [4.69, 9.17) is 4.74 Å². The zero-order chi connectivity index (χ0) is 12.5. The molecule has 0 unspecified atom stereocenters. The molecule has 0 bridgehead atoms. The molecular weight excluding hydrogens is 259 g/mol. The van der Waals surface area contributed by atoms with Crippen LogP contribution < -0.4 is 5.32 Å². The SMILES string of the molecule is O=C(Nc1nnc(C(F)(F)F)s1)[C@@H]1CCCO1. The summed E-state index contributed by atoms with van der Waals surface area (Å²) in [7, 11) is 0. The number of hydrogen-bond donors (Lipinski definition) is 1. The third-order valence-corrected chi connectivity index (χ3v) is 3.00. The summed E-state index contributed by atoms with van der Waals surface area (Å²) in [6.07, 6.45) is -3.81. The minimum Gasteiger partial charge on any atom is -0.368 e. The third-order valence-electron chi connectivity index (χ3n) is 2.12. The number of hydrogen-bond acceptors (Lipinski definition) is 5. The molecule has 2 heterocycles. The lowest BCUT2D eigenvalue weighted by molar-refractivity contribution is -0.138. The Bertz CT molecular complexity index is 414.